The Bertz CT molecular complexity index is 1480. The monoisotopic (exact) mass is 596 g/mol. The van der Waals surface area contributed by atoms with Crippen molar-refractivity contribution in [2.45, 2.75) is 155 Å². The molecule has 0 aromatic heterocycles. The first-order chi connectivity index (χ1) is 19.9. The van der Waals surface area contributed by atoms with Gasteiger partial charge in [-0.2, -0.15) is 0 Å². The Morgan fingerprint density at radius 3 is 1.05 bits per heavy atom. The Kier molecular flexibility index (Phi) is 5.92. The van der Waals surface area contributed by atoms with Gasteiger partial charge in [-0.25, -0.2) is 9.98 Å². The summed E-state index contributed by atoms with van der Waals surface area (Å²) in [5.41, 5.74) is 3.56. The van der Waals surface area contributed by atoms with Crippen molar-refractivity contribution in [2.24, 2.45) is 9.98 Å². The number of guanidine groups is 2. The van der Waals surface area contributed by atoms with E-state index in [0.29, 0.717) is 0 Å². The van der Waals surface area contributed by atoms with Gasteiger partial charge in [0.1, 0.15) is 0 Å². The first kappa shape index (κ1) is 31.0. The molecule has 0 amide bonds. The van der Waals surface area contributed by atoms with Crippen molar-refractivity contribution in [3.8, 4) is 11.1 Å². The van der Waals surface area contributed by atoms with Crippen molar-refractivity contribution in [3.63, 3.8) is 0 Å². The Balaban J connectivity index is 1.44. The maximum atomic E-state index is 5.38. The SMILES string of the molecule is CC1(C)N=C2N(c3cccc(-c4cccc(N5C6=NC(C)(C)C(C)(C)N6C(C)(C)C5(C)C)c4)c3)C(C)(C)C(C)(C)N2C1(C)C. The van der Waals surface area contributed by atoms with Gasteiger partial charge < -0.3 is 19.6 Å². The van der Waals surface area contributed by atoms with Gasteiger partial charge in [0.05, 0.1) is 44.3 Å². The Labute approximate surface area is 267 Å². The number of rotatable bonds is 3. The maximum absolute atomic E-state index is 5.38. The fraction of sp³-hybridized carbons (Fsp3) is 0.632. The lowest BCUT2D eigenvalue weighted by molar-refractivity contribution is 0.0528. The molecule has 0 atom stereocenters. The molecule has 0 radical (unpaired) electrons. The second kappa shape index (κ2) is 8.41. The number of nitrogens with zero attached hydrogens (tertiary/aromatic N) is 6. The molecule has 6 nitrogen and oxygen atoms in total. The average molecular weight is 597 g/mol. The third-order valence-electron chi connectivity index (χ3n) is 13.4. The summed E-state index contributed by atoms with van der Waals surface area (Å²) in [7, 11) is 0. The smallest absolute Gasteiger partial charge is 0.203 e. The van der Waals surface area contributed by atoms with Gasteiger partial charge in [-0.15, -0.1) is 0 Å². The largest absolute Gasteiger partial charge is 0.327 e. The second-order valence-electron chi connectivity index (χ2n) is 17.7. The highest BCUT2D eigenvalue weighted by Gasteiger charge is 2.67. The molecule has 2 aromatic carbocycles. The van der Waals surface area contributed by atoms with Crippen LogP contribution in [0.5, 0.6) is 0 Å². The van der Waals surface area contributed by atoms with Crippen molar-refractivity contribution in [2.75, 3.05) is 9.80 Å². The van der Waals surface area contributed by atoms with Crippen LogP contribution in [-0.4, -0.2) is 66.0 Å². The summed E-state index contributed by atoms with van der Waals surface area (Å²) in [5.74, 6) is 2.15. The molecule has 4 heterocycles. The van der Waals surface area contributed by atoms with Crippen LogP contribution in [0, 0.1) is 0 Å². The summed E-state index contributed by atoms with van der Waals surface area (Å²) < 4.78 is 0. The zero-order chi connectivity index (χ0) is 32.8. The summed E-state index contributed by atoms with van der Waals surface area (Å²) in [4.78, 5) is 20.9. The number of fused-ring (bicyclic) bond motifs is 2. The van der Waals surface area contributed by atoms with E-state index >= 15 is 0 Å². The fourth-order valence-electron chi connectivity index (χ4n) is 8.24. The van der Waals surface area contributed by atoms with E-state index in [1.165, 1.54) is 22.5 Å². The molecular formula is C38H56N6. The lowest BCUT2D eigenvalue weighted by Crippen LogP contribution is -2.63. The summed E-state index contributed by atoms with van der Waals surface area (Å²) in [6, 6.07) is 18.1. The maximum Gasteiger partial charge on any atom is 0.203 e. The highest BCUT2D eigenvalue weighted by molar-refractivity contribution is 6.05. The molecule has 0 spiro atoms. The summed E-state index contributed by atoms with van der Waals surface area (Å²) in [6.07, 6.45) is 0. The molecule has 0 unspecified atom stereocenters. The molecule has 2 fully saturated rings. The van der Waals surface area contributed by atoms with Crippen molar-refractivity contribution in [1.82, 2.24) is 9.80 Å². The number of benzene rings is 2. The minimum absolute atomic E-state index is 0.111. The summed E-state index contributed by atoms with van der Waals surface area (Å²) in [5, 5.41) is 0. The van der Waals surface area contributed by atoms with E-state index in [1.54, 1.807) is 0 Å². The molecule has 0 saturated carbocycles. The Hall–Kier alpha value is -3.02. The van der Waals surface area contributed by atoms with Gasteiger partial charge in [-0.1, -0.05) is 24.3 Å². The van der Waals surface area contributed by atoms with Gasteiger partial charge in [0.2, 0.25) is 11.9 Å². The van der Waals surface area contributed by atoms with E-state index in [1.807, 2.05) is 0 Å². The van der Waals surface area contributed by atoms with Gasteiger partial charge in [-0.3, -0.25) is 0 Å². The lowest BCUT2D eigenvalue weighted by atomic mass is 9.76. The number of aliphatic imine (C=N–C) groups is 2. The predicted octanol–water partition coefficient (Wildman–Crippen LogP) is 8.57. The van der Waals surface area contributed by atoms with Crippen LogP contribution in [0.15, 0.2) is 58.5 Å². The van der Waals surface area contributed by atoms with E-state index in [-0.39, 0.29) is 44.3 Å². The van der Waals surface area contributed by atoms with E-state index < -0.39 is 0 Å². The van der Waals surface area contributed by atoms with Crippen molar-refractivity contribution >= 4 is 23.3 Å². The average Bonchev–Trinajstić information content (AvgIpc) is 3.32. The van der Waals surface area contributed by atoms with E-state index in [0.717, 1.165) is 11.9 Å². The quantitative estimate of drug-likeness (QED) is 0.356. The van der Waals surface area contributed by atoms with Crippen LogP contribution in [0.2, 0.25) is 0 Å². The zero-order valence-corrected chi connectivity index (χ0v) is 30.3. The van der Waals surface area contributed by atoms with Crippen LogP contribution >= 0.6 is 0 Å². The molecule has 2 saturated heterocycles. The molecule has 6 heteroatoms. The van der Waals surface area contributed by atoms with E-state index in [4.69, 9.17) is 9.98 Å². The highest BCUT2D eigenvalue weighted by Crippen LogP contribution is 2.55. The third-order valence-corrected chi connectivity index (χ3v) is 13.4. The topological polar surface area (TPSA) is 37.7 Å². The molecular weight excluding hydrogens is 540 g/mol. The molecule has 4 aliphatic rings. The normalized spacial score (nSPS) is 27.3. The van der Waals surface area contributed by atoms with Gasteiger partial charge in [-0.05, 0) is 146 Å². The van der Waals surface area contributed by atoms with Gasteiger partial charge >= 0.3 is 0 Å². The first-order valence-corrected chi connectivity index (χ1v) is 16.5. The van der Waals surface area contributed by atoms with Crippen LogP contribution in [0.1, 0.15) is 111 Å². The van der Waals surface area contributed by atoms with E-state index in [2.05, 4.69) is 179 Å². The predicted molar refractivity (Wildman–Crippen MR) is 188 cm³/mol. The molecule has 44 heavy (non-hydrogen) atoms. The Morgan fingerprint density at radius 1 is 0.409 bits per heavy atom. The van der Waals surface area contributed by atoms with Crippen LogP contribution in [0.4, 0.5) is 11.4 Å². The molecule has 238 valence electrons. The molecule has 0 aliphatic carbocycles. The Morgan fingerprint density at radius 2 is 0.727 bits per heavy atom. The number of hydrogen-bond donors (Lipinski definition) is 0. The summed E-state index contributed by atoms with van der Waals surface area (Å²) >= 11 is 0. The zero-order valence-electron chi connectivity index (χ0n) is 30.3. The number of hydrogen-bond acceptors (Lipinski definition) is 6. The lowest BCUT2D eigenvalue weighted by Gasteiger charge is -2.50. The van der Waals surface area contributed by atoms with Crippen molar-refractivity contribution in [1.29, 1.82) is 0 Å². The first-order valence-electron chi connectivity index (χ1n) is 16.5. The number of anilines is 2. The van der Waals surface area contributed by atoms with Crippen LogP contribution in [0.25, 0.3) is 11.1 Å². The molecule has 0 N–H and O–H groups in total. The standard InChI is InChI=1S/C38H56N6/c1-31(2)33(5,6)43-29(39-31)41(35(9,10)37(43,13)14)27-21-17-19-25(23-27)26-20-18-22-28(24-26)42-30-40-32(3,4)34(7,8)44(30)38(15,16)36(42,11)12/h17-24H,1-16H3. The second-order valence-corrected chi connectivity index (χ2v) is 17.7. The third kappa shape index (κ3) is 3.49. The van der Waals surface area contributed by atoms with Crippen LogP contribution < -0.4 is 9.80 Å². The molecule has 0 bridgehead atoms. The van der Waals surface area contributed by atoms with Crippen molar-refractivity contribution < 1.29 is 0 Å². The molecule has 6 rings (SSSR count). The van der Waals surface area contributed by atoms with E-state index in [9.17, 15) is 0 Å². The van der Waals surface area contributed by atoms with Crippen LogP contribution in [-0.2, 0) is 0 Å². The molecule has 2 aromatic rings. The van der Waals surface area contributed by atoms with Crippen LogP contribution in [0.3, 0.4) is 0 Å². The van der Waals surface area contributed by atoms with Crippen molar-refractivity contribution in [3.05, 3.63) is 48.5 Å². The van der Waals surface area contributed by atoms with Gasteiger partial charge in [0.25, 0.3) is 0 Å². The minimum Gasteiger partial charge on any atom is -0.327 e. The molecule has 4 aliphatic heterocycles. The highest BCUT2D eigenvalue weighted by atomic mass is 15.6. The fourth-order valence-corrected chi connectivity index (χ4v) is 8.24. The van der Waals surface area contributed by atoms with Gasteiger partial charge in [0, 0.05) is 11.4 Å². The summed E-state index contributed by atoms with van der Waals surface area (Å²) in [6.45, 7) is 37.3. The minimum atomic E-state index is -0.198. The van der Waals surface area contributed by atoms with Gasteiger partial charge in [0.15, 0.2) is 0 Å².